The molecule has 0 fully saturated rings. The van der Waals surface area contributed by atoms with Crippen molar-refractivity contribution in [2.75, 3.05) is 13.6 Å². The summed E-state index contributed by atoms with van der Waals surface area (Å²) < 4.78 is 0. The molecule has 0 aliphatic rings. The van der Waals surface area contributed by atoms with Crippen LogP contribution in [0, 0.1) is 0 Å². The molecule has 3 heteroatoms. The molecule has 1 unspecified atom stereocenters. The lowest BCUT2D eigenvalue weighted by Crippen LogP contribution is -2.41. The quantitative estimate of drug-likeness (QED) is 0.423. The fourth-order valence-corrected chi connectivity index (χ4v) is 1.38. The average molecular weight is 192 g/mol. The standard InChI is InChI=1S/C11H16N2O/c1-3-11(14,9-13(2)12)10-7-5-4-6-8-10/h3-8,14H,1,9,12H2,2H3. The largest absolute Gasteiger partial charge is 0.380 e. The van der Waals surface area contributed by atoms with E-state index in [1.165, 1.54) is 11.1 Å². The fraction of sp³-hybridized carbons (Fsp3) is 0.273. The van der Waals surface area contributed by atoms with Crippen molar-refractivity contribution in [1.82, 2.24) is 5.01 Å². The molecular weight excluding hydrogens is 176 g/mol. The Hall–Kier alpha value is -1.16. The van der Waals surface area contributed by atoms with Crippen molar-refractivity contribution in [2.24, 2.45) is 5.84 Å². The second-order valence-corrected chi connectivity index (χ2v) is 3.41. The van der Waals surface area contributed by atoms with Crippen LogP contribution in [0.15, 0.2) is 43.0 Å². The molecule has 0 saturated heterocycles. The number of aliphatic hydroxyl groups is 1. The van der Waals surface area contributed by atoms with Gasteiger partial charge in [0.25, 0.3) is 0 Å². The fourth-order valence-electron chi connectivity index (χ4n) is 1.38. The van der Waals surface area contributed by atoms with Gasteiger partial charge >= 0.3 is 0 Å². The molecule has 0 aliphatic heterocycles. The van der Waals surface area contributed by atoms with E-state index >= 15 is 0 Å². The molecular formula is C11H16N2O. The summed E-state index contributed by atoms with van der Waals surface area (Å²) in [6.45, 7) is 3.95. The zero-order valence-electron chi connectivity index (χ0n) is 8.35. The van der Waals surface area contributed by atoms with E-state index in [-0.39, 0.29) is 0 Å². The predicted octanol–water partition coefficient (Wildman–Crippen LogP) is 0.866. The molecule has 1 rings (SSSR count). The molecule has 76 valence electrons. The van der Waals surface area contributed by atoms with Crippen LogP contribution in [0.3, 0.4) is 0 Å². The highest BCUT2D eigenvalue weighted by Gasteiger charge is 2.25. The monoisotopic (exact) mass is 192 g/mol. The molecule has 3 N–H and O–H groups in total. The van der Waals surface area contributed by atoms with Crippen molar-refractivity contribution < 1.29 is 5.11 Å². The second-order valence-electron chi connectivity index (χ2n) is 3.41. The van der Waals surface area contributed by atoms with Gasteiger partial charge in [-0.2, -0.15) is 0 Å². The van der Waals surface area contributed by atoms with E-state index in [0.29, 0.717) is 6.54 Å². The molecule has 0 aliphatic carbocycles. The Labute approximate surface area is 84.4 Å². The highest BCUT2D eigenvalue weighted by atomic mass is 16.3. The topological polar surface area (TPSA) is 49.5 Å². The van der Waals surface area contributed by atoms with Gasteiger partial charge in [0.2, 0.25) is 0 Å². The molecule has 0 spiro atoms. The summed E-state index contributed by atoms with van der Waals surface area (Å²) in [7, 11) is 1.71. The van der Waals surface area contributed by atoms with Crippen LogP contribution in [0.25, 0.3) is 0 Å². The van der Waals surface area contributed by atoms with Gasteiger partial charge in [-0.1, -0.05) is 43.0 Å². The lowest BCUT2D eigenvalue weighted by molar-refractivity contribution is 0.0518. The van der Waals surface area contributed by atoms with Gasteiger partial charge in [-0.25, -0.2) is 5.01 Å². The van der Waals surface area contributed by atoms with Crippen molar-refractivity contribution in [1.29, 1.82) is 0 Å². The minimum Gasteiger partial charge on any atom is -0.380 e. The Bertz CT molecular complexity index is 297. The number of nitrogens with zero attached hydrogens (tertiary/aromatic N) is 1. The molecule has 0 amide bonds. The minimum atomic E-state index is -1.08. The third-order valence-corrected chi connectivity index (χ3v) is 2.10. The number of hydrazine groups is 1. The van der Waals surface area contributed by atoms with Gasteiger partial charge in [-0.15, -0.1) is 0 Å². The van der Waals surface area contributed by atoms with Crippen molar-refractivity contribution in [3.63, 3.8) is 0 Å². The first-order chi connectivity index (χ1) is 6.58. The highest BCUT2D eigenvalue weighted by molar-refractivity contribution is 5.27. The maximum Gasteiger partial charge on any atom is 0.121 e. The first-order valence-corrected chi connectivity index (χ1v) is 4.46. The van der Waals surface area contributed by atoms with Gasteiger partial charge < -0.3 is 5.11 Å². The number of benzene rings is 1. The van der Waals surface area contributed by atoms with E-state index < -0.39 is 5.60 Å². The summed E-state index contributed by atoms with van der Waals surface area (Å²) in [6.07, 6.45) is 1.51. The van der Waals surface area contributed by atoms with Crippen molar-refractivity contribution in [3.8, 4) is 0 Å². The van der Waals surface area contributed by atoms with E-state index in [9.17, 15) is 5.11 Å². The molecule has 1 aromatic rings. The maximum atomic E-state index is 10.2. The average Bonchev–Trinajstić information content (AvgIpc) is 2.18. The van der Waals surface area contributed by atoms with Crippen LogP contribution in [0.1, 0.15) is 5.56 Å². The number of hydrogen-bond acceptors (Lipinski definition) is 3. The van der Waals surface area contributed by atoms with Gasteiger partial charge in [0.1, 0.15) is 5.60 Å². The van der Waals surface area contributed by atoms with Crippen LogP contribution in [0.5, 0.6) is 0 Å². The zero-order chi connectivity index (χ0) is 10.6. The molecule has 3 nitrogen and oxygen atoms in total. The summed E-state index contributed by atoms with van der Waals surface area (Å²) in [5, 5.41) is 11.7. The molecule has 1 aromatic carbocycles. The van der Waals surface area contributed by atoms with E-state index in [0.717, 1.165) is 5.56 Å². The molecule has 0 radical (unpaired) electrons. The number of rotatable bonds is 4. The van der Waals surface area contributed by atoms with Crippen molar-refractivity contribution in [2.45, 2.75) is 5.60 Å². The number of likely N-dealkylation sites (N-methyl/N-ethyl adjacent to an activating group) is 1. The van der Waals surface area contributed by atoms with Crippen molar-refractivity contribution in [3.05, 3.63) is 48.6 Å². The maximum absolute atomic E-state index is 10.2. The van der Waals surface area contributed by atoms with Crippen LogP contribution in [-0.2, 0) is 5.60 Å². The van der Waals surface area contributed by atoms with E-state index in [4.69, 9.17) is 5.84 Å². The van der Waals surface area contributed by atoms with E-state index in [2.05, 4.69) is 6.58 Å². The summed E-state index contributed by atoms with van der Waals surface area (Å²) in [5.41, 5.74) is -0.280. The first kappa shape index (κ1) is 10.9. The number of hydrogen-bond donors (Lipinski definition) is 2. The Kier molecular flexibility index (Phi) is 3.41. The van der Waals surface area contributed by atoms with Crippen LogP contribution in [-0.4, -0.2) is 23.7 Å². The van der Waals surface area contributed by atoms with Gasteiger partial charge in [-0.05, 0) is 5.56 Å². The van der Waals surface area contributed by atoms with Gasteiger partial charge in [-0.3, -0.25) is 5.84 Å². The van der Waals surface area contributed by atoms with E-state index in [1.54, 1.807) is 7.05 Å². The molecule has 14 heavy (non-hydrogen) atoms. The van der Waals surface area contributed by atoms with Crippen LogP contribution < -0.4 is 5.84 Å². The third-order valence-electron chi connectivity index (χ3n) is 2.10. The van der Waals surface area contributed by atoms with Crippen molar-refractivity contribution >= 4 is 0 Å². The third kappa shape index (κ3) is 2.42. The summed E-state index contributed by atoms with van der Waals surface area (Å²) in [5.74, 6) is 5.52. The van der Waals surface area contributed by atoms with Gasteiger partial charge in [0.05, 0.1) is 0 Å². The van der Waals surface area contributed by atoms with E-state index in [1.807, 2.05) is 30.3 Å². The van der Waals surface area contributed by atoms with Crippen LogP contribution in [0.4, 0.5) is 0 Å². The summed E-state index contributed by atoms with van der Waals surface area (Å²) >= 11 is 0. The normalized spacial score (nSPS) is 15.1. The molecule has 0 aromatic heterocycles. The Morgan fingerprint density at radius 3 is 2.50 bits per heavy atom. The summed E-state index contributed by atoms with van der Waals surface area (Å²) in [6, 6.07) is 9.36. The zero-order valence-corrected chi connectivity index (χ0v) is 8.35. The Balaban J connectivity index is 2.96. The Morgan fingerprint density at radius 2 is 2.07 bits per heavy atom. The summed E-state index contributed by atoms with van der Waals surface area (Å²) in [4.78, 5) is 0. The lowest BCUT2D eigenvalue weighted by atomic mass is 9.94. The van der Waals surface area contributed by atoms with Gasteiger partial charge in [0.15, 0.2) is 0 Å². The number of nitrogens with two attached hydrogens (primary N) is 1. The van der Waals surface area contributed by atoms with Crippen LogP contribution in [0.2, 0.25) is 0 Å². The highest BCUT2D eigenvalue weighted by Crippen LogP contribution is 2.22. The Morgan fingerprint density at radius 1 is 1.50 bits per heavy atom. The lowest BCUT2D eigenvalue weighted by Gasteiger charge is -2.27. The molecule has 0 saturated carbocycles. The smallest absolute Gasteiger partial charge is 0.121 e. The predicted molar refractivity (Wildman–Crippen MR) is 57.4 cm³/mol. The molecule has 0 bridgehead atoms. The van der Waals surface area contributed by atoms with Gasteiger partial charge in [0, 0.05) is 13.6 Å². The molecule has 1 atom stereocenters. The second kappa shape index (κ2) is 4.37. The molecule has 0 heterocycles. The minimum absolute atomic E-state index is 0.320. The first-order valence-electron chi connectivity index (χ1n) is 4.46. The van der Waals surface area contributed by atoms with Crippen LogP contribution >= 0.6 is 0 Å². The SMILES string of the molecule is C=CC(O)(CN(C)N)c1ccccc1.